The number of hydrogen-bond acceptors (Lipinski definition) is 6. The number of fused-ring (bicyclic) bond motifs is 1. The maximum absolute atomic E-state index is 14.3. The number of H-pyrrole nitrogens is 1. The van der Waals surface area contributed by atoms with E-state index in [9.17, 15) is 14.9 Å². The second kappa shape index (κ2) is 14.5. The molecule has 0 fully saturated rings. The number of hydrogen-bond donors (Lipinski definition) is 2. The number of carbonyl (C=O) groups is 2. The van der Waals surface area contributed by atoms with Crippen LogP contribution in [0, 0.1) is 11.3 Å². The minimum Gasteiger partial charge on any atom is -0.496 e. The van der Waals surface area contributed by atoms with Gasteiger partial charge in [0.1, 0.15) is 12.4 Å². The van der Waals surface area contributed by atoms with Gasteiger partial charge in [0.25, 0.3) is 5.91 Å². The van der Waals surface area contributed by atoms with Crippen LogP contribution in [0.3, 0.4) is 0 Å². The Kier molecular flexibility index (Phi) is 9.59. The van der Waals surface area contributed by atoms with Gasteiger partial charge in [-0.25, -0.2) is 4.79 Å². The number of pyridine rings is 1. The van der Waals surface area contributed by atoms with Gasteiger partial charge in [0.2, 0.25) is 0 Å². The Balaban J connectivity index is 1.46. The van der Waals surface area contributed by atoms with Crippen molar-refractivity contribution in [3.05, 3.63) is 155 Å². The average molecular weight is 635 g/mol. The third-order valence-corrected chi connectivity index (χ3v) is 8.43. The molecular weight excluding hydrogens is 600 g/mol. The number of carbonyl (C=O) groups excluding carboxylic acids is 2. The highest BCUT2D eigenvalue weighted by molar-refractivity contribution is 6.02. The zero-order valence-corrected chi connectivity index (χ0v) is 26.7. The Morgan fingerprint density at radius 1 is 0.958 bits per heavy atom. The van der Waals surface area contributed by atoms with Crippen molar-refractivity contribution in [2.45, 2.75) is 32.4 Å². The van der Waals surface area contributed by atoms with Crippen molar-refractivity contribution in [3.63, 3.8) is 0 Å². The summed E-state index contributed by atoms with van der Waals surface area (Å²) >= 11 is 0. The fourth-order valence-electron chi connectivity index (χ4n) is 6.08. The summed E-state index contributed by atoms with van der Waals surface area (Å²) in [5.74, 6) is -0.471. The molecule has 0 bridgehead atoms. The third kappa shape index (κ3) is 6.67. The van der Waals surface area contributed by atoms with E-state index in [4.69, 9.17) is 9.47 Å². The van der Waals surface area contributed by atoms with Crippen LogP contribution in [0.2, 0.25) is 0 Å². The molecule has 0 aliphatic carbocycles. The number of nitrogens with zero attached hydrogens (tertiary/aromatic N) is 2. The molecule has 0 spiro atoms. The van der Waals surface area contributed by atoms with E-state index < -0.39 is 5.97 Å². The predicted octanol–water partition coefficient (Wildman–Crippen LogP) is 7.94. The molecule has 1 unspecified atom stereocenters. The number of ether oxygens (including phenoxy) is 2. The Hall–Kier alpha value is -6.20. The Labute approximate surface area is 279 Å². The maximum Gasteiger partial charge on any atom is 0.339 e. The molecule has 1 atom stereocenters. The van der Waals surface area contributed by atoms with Gasteiger partial charge < -0.3 is 19.8 Å². The van der Waals surface area contributed by atoms with E-state index in [0.717, 1.165) is 27.6 Å². The largest absolute Gasteiger partial charge is 0.496 e. The molecule has 238 valence electrons. The van der Waals surface area contributed by atoms with Gasteiger partial charge in [-0.2, -0.15) is 5.26 Å². The molecule has 48 heavy (non-hydrogen) atoms. The fourth-order valence-corrected chi connectivity index (χ4v) is 6.08. The average Bonchev–Trinajstić information content (AvgIpc) is 3.56. The summed E-state index contributed by atoms with van der Waals surface area (Å²) in [6.45, 7) is 2.48. The van der Waals surface area contributed by atoms with Gasteiger partial charge in [0.05, 0.1) is 24.3 Å². The lowest BCUT2D eigenvalue weighted by Crippen LogP contribution is -2.22. The lowest BCUT2D eigenvalue weighted by atomic mass is 9.82. The molecular formula is C40H34N4O4. The molecule has 8 heteroatoms. The Morgan fingerprint density at radius 3 is 2.54 bits per heavy atom. The van der Waals surface area contributed by atoms with E-state index >= 15 is 0 Å². The minimum absolute atomic E-state index is 0.0906. The van der Waals surface area contributed by atoms with Crippen LogP contribution in [-0.4, -0.2) is 29.0 Å². The molecule has 2 heterocycles. The highest BCUT2D eigenvalue weighted by Crippen LogP contribution is 2.43. The van der Waals surface area contributed by atoms with Gasteiger partial charge >= 0.3 is 5.97 Å². The number of methoxy groups -OCH3 is 1. The third-order valence-electron chi connectivity index (χ3n) is 8.43. The molecule has 8 nitrogen and oxygen atoms in total. The normalized spacial score (nSPS) is 11.4. The first-order valence-electron chi connectivity index (χ1n) is 15.7. The van der Waals surface area contributed by atoms with Crippen LogP contribution in [0.4, 0.5) is 0 Å². The first-order valence-corrected chi connectivity index (χ1v) is 15.7. The van der Waals surface area contributed by atoms with E-state index in [0.29, 0.717) is 52.1 Å². The molecule has 0 saturated carbocycles. The highest BCUT2D eigenvalue weighted by atomic mass is 16.5. The van der Waals surface area contributed by atoms with Crippen molar-refractivity contribution in [2.24, 2.45) is 0 Å². The number of esters is 1. The Bertz CT molecular complexity index is 2120. The standard InChI is InChI=1S/C40H34N4O4/c1-3-31(34-24-43-35-19-27(21-41)14-15-33(34)35)37-36(47-2)17-16-32(38(37)40(46)48-25-26-9-5-4-6-10-26)29-12-7-13-30(20-29)39(45)44-23-28-11-8-18-42-22-28/h4-20,22,24,31,43H,3,23,25H2,1-2H3,(H,44,45). The number of amides is 1. The fraction of sp³-hybridized carbons (Fsp3) is 0.150. The molecule has 0 aliphatic rings. The maximum atomic E-state index is 14.3. The summed E-state index contributed by atoms with van der Waals surface area (Å²) in [6, 6.07) is 31.9. The second-order valence-corrected chi connectivity index (χ2v) is 11.4. The van der Waals surface area contributed by atoms with Crippen molar-refractivity contribution in [1.29, 1.82) is 5.26 Å². The van der Waals surface area contributed by atoms with Gasteiger partial charge in [-0.15, -0.1) is 0 Å². The van der Waals surface area contributed by atoms with Gasteiger partial charge in [-0.3, -0.25) is 9.78 Å². The lowest BCUT2D eigenvalue weighted by Gasteiger charge is -2.24. The monoisotopic (exact) mass is 634 g/mol. The lowest BCUT2D eigenvalue weighted by molar-refractivity contribution is 0.0471. The highest BCUT2D eigenvalue weighted by Gasteiger charge is 2.30. The summed E-state index contributed by atoms with van der Waals surface area (Å²) < 4.78 is 11.9. The van der Waals surface area contributed by atoms with Gasteiger partial charge in [-0.1, -0.05) is 61.5 Å². The number of benzene rings is 4. The van der Waals surface area contributed by atoms with Crippen molar-refractivity contribution in [1.82, 2.24) is 15.3 Å². The van der Waals surface area contributed by atoms with E-state index in [1.165, 1.54) is 0 Å². The number of rotatable bonds is 11. The van der Waals surface area contributed by atoms with Crippen LogP contribution in [0.25, 0.3) is 22.0 Å². The first kappa shape index (κ1) is 31.8. The smallest absolute Gasteiger partial charge is 0.339 e. The molecule has 0 saturated heterocycles. The molecule has 6 rings (SSSR count). The van der Waals surface area contributed by atoms with Crippen LogP contribution < -0.4 is 10.1 Å². The van der Waals surface area contributed by atoms with Gasteiger partial charge in [0, 0.05) is 53.1 Å². The minimum atomic E-state index is -0.501. The predicted molar refractivity (Wildman–Crippen MR) is 185 cm³/mol. The Morgan fingerprint density at radius 2 is 1.79 bits per heavy atom. The number of nitrogens with one attached hydrogen (secondary N) is 2. The van der Waals surface area contributed by atoms with Crippen molar-refractivity contribution in [2.75, 3.05) is 7.11 Å². The van der Waals surface area contributed by atoms with Gasteiger partial charge in [0.15, 0.2) is 0 Å². The van der Waals surface area contributed by atoms with E-state index in [1.54, 1.807) is 43.8 Å². The summed E-state index contributed by atoms with van der Waals surface area (Å²) in [5, 5.41) is 13.4. The van der Waals surface area contributed by atoms with E-state index in [1.807, 2.05) is 79.0 Å². The second-order valence-electron chi connectivity index (χ2n) is 11.4. The van der Waals surface area contributed by atoms with Crippen LogP contribution in [0.1, 0.15) is 67.8 Å². The molecule has 0 radical (unpaired) electrons. The summed E-state index contributed by atoms with van der Waals surface area (Å²) in [5.41, 5.74) is 6.91. The van der Waals surface area contributed by atoms with E-state index in [2.05, 4.69) is 28.3 Å². The molecule has 2 aromatic heterocycles. The van der Waals surface area contributed by atoms with Crippen molar-refractivity contribution < 1.29 is 19.1 Å². The van der Waals surface area contributed by atoms with Crippen molar-refractivity contribution >= 4 is 22.8 Å². The quantitative estimate of drug-likeness (QED) is 0.140. The molecule has 4 aromatic carbocycles. The number of nitriles is 1. The van der Waals surface area contributed by atoms with Crippen LogP contribution in [0.15, 0.2) is 116 Å². The number of aromatic nitrogens is 2. The molecule has 1 amide bonds. The first-order chi connectivity index (χ1) is 23.5. The van der Waals surface area contributed by atoms with Crippen LogP contribution in [0.5, 0.6) is 5.75 Å². The topological polar surface area (TPSA) is 117 Å². The van der Waals surface area contributed by atoms with Crippen LogP contribution in [-0.2, 0) is 17.9 Å². The van der Waals surface area contributed by atoms with Gasteiger partial charge in [-0.05, 0) is 76.7 Å². The van der Waals surface area contributed by atoms with E-state index in [-0.39, 0.29) is 18.4 Å². The van der Waals surface area contributed by atoms with Crippen LogP contribution >= 0.6 is 0 Å². The van der Waals surface area contributed by atoms with Crippen molar-refractivity contribution in [3.8, 4) is 22.9 Å². The zero-order chi connectivity index (χ0) is 33.5. The summed E-state index contributed by atoms with van der Waals surface area (Å²) in [7, 11) is 1.59. The zero-order valence-electron chi connectivity index (χ0n) is 26.7. The SMILES string of the molecule is CCC(c1c(OC)ccc(-c2cccc(C(=O)NCc3cccnc3)c2)c1C(=O)OCc1ccccc1)c1c[nH]c2cc(C#N)ccc12. The molecule has 6 aromatic rings. The molecule has 0 aliphatic heterocycles. The number of aromatic amines is 1. The summed E-state index contributed by atoms with van der Waals surface area (Å²) in [4.78, 5) is 35.0. The summed E-state index contributed by atoms with van der Waals surface area (Å²) in [6.07, 6.45) is 5.97. The molecule has 2 N–H and O–H groups in total.